The molecule has 3 N–H and O–H groups in total. The van der Waals surface area contributed by atoms with Gasteiger partial charge in [-0.05, 0) is 36.2 Å². The van der Waals surface area contributed by atoms with Gasteiger partial charge in [0.15, 0.2) is 0 Å². The second kappa shape index (κ2) is 9.25. The van der Waals surface area contributed by atoms with Gasteiger partial charge in [0.1, 0.15) is 5.82 Å². The normalized spacial score (nSPS) is 14.4. The first-order chi connectivity index (χ1) is 15.7. The molecule has 0 aliphatic carbocycles. The average molecular weight is 427 g/mol. The largest absolute Gasteiger partial charge is 0.338 e. The molecule has 0 saturated carbocycles. The van der Waals surface area contributed by atoms with Gasteiger partial charge in [0.25, 0.3) is 0 Å². The van der Waals surface area contributed by atoms with Crippen molar-refractivity contribution in [3.63, 3.8) is 0 Å². The summed E-state index contributed by atoms with van der Waals surface area (Å²) in [6.07, 6.45) is 3.45. The maximum atomic E-state index is 4.61. The van der Waals surface area contributed by atoms with Crippen molar-refractivity contribution in [1.82, 2.24) is 30.4 Å². The lowest BCUT2D eigenvalue weighted by Gasteiger charge is -2.27. The fourth-order valence-corrected chi connectivity index (χ4v) is 3.90. The third-order valence-electron chi connectivity index (χ3n) is 5.62. The van der Waals surface area contributed by atoms with E-state index in [1.54, 1.807) is 12.4 Å². The summed E-state index contributed by atoms with van der Waals surface area (Å²) in [5.41, 5.74) is 5.09. The Morgan fingerprint density at radius 1 is 1.00 bits per heavy atom. The van der Waals surface area contributed by atoms with E-state index < -0.39 is 0 Å². The third-order valence-corrected chi connectivity index (χ3v) is 5.62. The van der Waals surface area contributed by atoms with Gasteiger partial charge in [-0.1, -0.05) is 30.3 Å². The van der Waals surface area contributed by atoms with E-state index in [4.69, 9.17) is 0 Å². The van der Waals surface area contributed by atoms with Crippen molar-refractivity contribution in [2.45, 2.75) is 13.5 Å². The molecule has 162 valence electrons. The number of aromatic nitrogens is 4. The number of piperazine rings is 1. The van der Waals surface area contributed by atoms with E-state index in [0.29, 0.717) is 11.8 Å². The van der Waals surface area contributed by atoms with Crippen LogP contribution in [0.5, 0.6) is 0 Å². The predicted molar refractivity (Wildman–Crippen MR) is 127 cm³/mol. The van der Waals surface area contributed by atoms with Crippen molar-refractivity contribution in [2.75, 3.05) is 36.8 Å². The van der Waals surface area contributed by atoms with Crippen LogP contribution in [0, 0.1) is 6.92 Å². The van der Waals surface area contributed by atoms with E-state index in [-0.39, 0.29) is 0 Å². The van der Waals surface area contributed by atoms with Crippen LogP contribution in [0.25, 0.3) is 10.9 Å². The Labute approximate surface area is 187 Å². The molecular formula is C24H26N8. The fourth-order valence-electron chi connectivity index (χ4n) is 3.90. The molecule has 3 heterocycles. The van der Waals surface area contributed by atoms with Crippen LogP contribution in [0.2, 0.25) is 0 Å². The first-order valence-electron chi connectivity index (χ1n) is 10.8. The number of hydrogen-bond donors (Lipinski definition) is 3. The summed E-state index contributed by atoms with van der Waals surface area (Å²) in [5, 5.41) is 19.4. The first-order valence-corrected chi connectivity index (χ1v) is 10.8. The summed E-state index contributed by atoms with van der Waals surface area (Å²) in [5.74, 6) is 1.22. The van der Waals surface area contributed by atoms with Crippen LogP contribution >= 0.6 is 0 Å². The number of nitrogens with zero attached hydrogens (tertiary/aromatic N) is 5. The van der Waals surface area contributed by atoms with Gasteiger partial charge in [-0.25, -0.2) is 4.98 Å². The van der Waals surface area contributed by atoms with Crippen LogP contribution in [-0.2, 0) is 6.54 Å². The summed E-state index contributed by atoms with van der Waals surface area (Å²) in [6.45, 7) is 7.32. The summed E-state index contributed by atoms with van der Waals surface area (Å²) < 4.78 is 0. The molecule has 32 heavy (non-hydrogen) atoms. The van der Waals surface area contributed by atoms with Crippen LogP contribution < -0.4 is 16.0 Å². The quantitative estimate of drug-likeness (QED) is 0.431. The molecule has 5 rings (SSSR count). The minimum absolute atomic E-state index is 0.535. The van der Waals surface area contributed by atoms with Crippen molar-refractivity contribution in [1.29, 1.82) is 0 Å². The van der Waals surface area contributed by atoms with Gasteiger partial charge < -0.3 is 16.0 Å². The minimum Gasteiger partial charge on any atom is -0.338 e. The second-order valence-electron chi connectivity index (χ2n) is 7.97. The number of rotatable bonds is 6. The van der Waals surface area contributed by atoms with E-state index in [1.807, 2.05) is 31.2 Å². The van der Waals surface area contributed by atoms with Crippen LogP contribution in [0.1, 0.15) is 11.1 Å². The highest BCUT2D eigenvalue weighted by atomic mass is 15.2. The highest BCUT2D eigenvalue weighted by Crippen LogP contribution is 2.25. The predicted octanol–water partition coefficient (Wildman–Crippen LogP) is 3.62. The standard InChI is InChI=1S/C24H26N8/c1-17-3-2-4-20-21(15-27-31-23(17)20)29-22-9-10-26-24(30-22)28-19-7-5-18(6-8-19)16-32-13-11-25-12-14-32/h2-10,15,25H,11-14,16H2,1H3,(H2,26,28,29,30,31). The smallest absolute Gasteiger partial charge is 0.229 e. The van der Waals surface area contributed by atoms with Gasteiger partial charge in [-0.15, -0.1) is 0 Å². The van der Waals surface area contributed by atoms with E-state index in [1.165, 1.54) is 5.56 Å². The highest BCUT2D eigenvalue weighted by molar-refractivity contribution is 5.93. The Kier molecular flexibility index (Phi) is 5.87. The molecule has 2 aromatic carbocycles. The van der Waals surface area contributed by atoms with Crippen LogP contribution in [-0.4, -0.2) is 51.2 Å². The van der Waals surface area contributed by atoms with Gasteiger partial charge in [-0.3, -0.25) is 4.90 Å². The van der Waals surface area contributed by atoms with Crippen molar-refractivity contribution >= 4 is 34.0 Å². The van der Waals surface area contributed by atoms with Gasteiger partial charge in [0, 0.05) is 50.0 Å². The van der Waals surface area contributed by atoms with Crippen LogP contribution in [0.4, 0.5) is 23.1 Å². The maximum Gasteiger partial charge on any atom is 0.229 e. The molecule has 1 saturated heterocycles. The monoisotopic (exact) mass is 426 g/mol. The second-order valence-corrected chi connectivity index (χ2v) is 7.97. The fraction of sp³-hybridized carbons (Fsp3) is 0.250. The Bertz CT molecular complexity index is 1200. The van der Waals surface area contributed by atoms with Crippen molar-refractivity contribution in [2.24, 2.45) is 0 Å². The highest BCUT2D eigenvalue weighted by Gasteiger charge is 2.10. The lowest BCUT2D eigenvalue weighted by Crippen LogP contribution is -2.42. The number of anilines is 4. The molecule has 0 spiro atoms. The Morgan fingerprint density at radius 2 is 1.84 bits per heavy atom. The Balaban J connectivity index is 1.28. The molecule has 0 atom stereocenters. The SMILES string of the molecule is Cc1cccc2c(Nc3ccnc(Nc4ccc(CN5CCNCC5)cc4)n3)cnnc12. The average Bonchev–Trinajstić information content (AvgIpc) is 2.82. The lowest BCUT2D eigenvalue weighted by molar-refractivity contribution is 0.233. The van der Waals surface area contributed by atoms with Crippen LogP contribution in [0.15, 0.2) is 60.9 Å². The maximum absolute atomic E-state index is 4.61. The van der Waals surface area contributed by atoms with Crippen molar-refractivity contribution in [3.8, 4) is 0 Å². The lowest BCUT2D eigenvalue weighted by atomic mass is 10.1. The summed E-state index contributed by atoms with van der Waals surface area (Å²) in [4.78, 5) is 11.4. The topological polar surface area (TPSA) is 90.9 Å². The Morgan fingerprint density at radius 3 is 2.69 bits per heavy atom. The number of nitrogens with one attached hydrogen (secondary N) is 3. The molecule has 0 bridgehead atoms. The van der Waals surface area contributed by atoms with Gasteiger partial charge >= 0.3 is 0 Å². The summed E-state index contributed by atoms with van der Waals surface area (Å²) in [7, 11) is 0. The zero-order chi connectivity index (χ0) is 21.8. The van der Waals surface area contributed by atoms with E-state index in [2.05, 4.69) is 65.3 Å². The third kappa shape index (κ3) is 4.66. The molecule has 8 heteroatoms. The number of benzene rings is 2. The number of fused-ring (bicyclic) bond motifs is 1. The van der Waals surface area contributed by atoms with Gasteiger partial charge in [0.05, 0.1) is 17.4 Å². The van der Waals surface area contributed by atoms with E-state index in [9.17, 15) is 0 Å². The molecule has 8 nitrogen and oxygen atoms in total. The molecule has 4 aromatic rings. The van der Waals surface area contributed by atoms with Crippen molar-refractivity contribution < 1.29 is 0 Å². The van der Waals surface area contributed by atoms with Crippen molar-refractivity contribution in [3.05, 3.63) is 72.1 Å². The molecule has 0 radical (unpaired) electrons. The molecular weight excluding hydrogens is 400 g/mol. The summed E-state index contributed by atoms with van der Waals surface area (Å²) >= 11 is 0. The van der Waals surface area contributed by atoms with Gasteiger partial charge in [-0.2, -0.15) is 15.2 Å². The molecule has 1 fully saturated rings. The molecule has 1 aliphatic heterocycles. The number of hydrogen-bond acceptors (Lipinski definition) is 8. The van der Waals surface area contributed by atoms with E-state index in [0.717, 1.165) is 60.6 Å². The zero-order valence-electron chi connectivity index (χ0n) is 18.0. The minimum atomic E-state index is 0.535. The number of aryl methyl sites for hydroxylation is 1. The Hall–Kier alpha value is -3.62. The van der Waals surface area contributed by atoms with Crippen LogP contribution in [0.3, 0.4) is 0 Å². The summed E-state index contributed by atoms with van der Waals surface area (Å²) in [6, 6.07) is 16.4. The molecule has 0 unspecified atom stereocenters. The molecule has 2 aromatic heterocycles. The first kappa shape index (κ1) is 20.3. The molecule has 1 aliphatic rings. The van der Waals surface area contributed by atoms with E-state index >= 15 is 0 Å². The zero-order valence-corrected chi connectivity index (χ0v) is 18.0. The molecule has 0 amide bonds. The van der Waals surface area contributed by atoms with Gasteiger partial charge in [0.2, 0.25) is 5.95 Å².